The van der Waals surface area contributed by atoms with Crippen LogP contribution < -0.4 is 10.6 Å². The molecule has 0 bridgehead atoms. The van der Waals surface area contributed by atoms with Crippen LogP contribution in [0.5, 0.6) is 11.5 Å². The molecule has 7 heteroatoms. The molecule has 1 heterocycles. The fraction of sp³-hybridized carbons (Fsp3) is 0.0833. The summed E-state index contributed by atoms with van der Waals surface area (Å²) in [7, 11) is 0. The minimum atomic E-state index is -0.528. The minimum Gasteiger partial charge on any atom is -0.508 e. The Morgan fingerprint density at radius 2 is 2.37 bits per heavy atom. The van der Waals surface area contributed by atoms with Crippen molar-refractivity contribution in [3.8, 4) is 11.5 Å². The number of primary amides is 1. The third-order valence-corrected chi connectivity index (χ3v) is 2.25. The van der Waals surface area contributed by atoms with Crippen molar-refractivity contribution in [3.05, 3.63) is 42.2 Å². The van der Waals surface area contributed by atoms with Crippen molar-refractivity contribution in [1.29, 1.82) is 0 Å². The average Bonchev–Trinajstić information content (AvgIpc) is 2.88. The van der Waals surface area contributed by atoms with Gasteiger partial charge in [-0.15, -0.1) is 0 Å². The summed E-state index contributed by atoms with van der Waals surface area (Å²) in [6, 6.07) is 6.16. The van der Waals surface area contributed by atoms with Crippen molar-refractivity contribution in [2.45, 2.75) is 6.42 Å². The van der Waals surface area contributed by atoms with E-state index in [2.05, 4.69) is 15.4 Å². The number of aromatic nitrogens is 2. The van der Waals surface area contributed by atoms with Gasteiger partial charge in [-0.05, 0) is 12.1 Å². The second-order valence-electron chi connectivity index (χ2n) is 3.76. The number of H-pyrrole nitrogens is 1. The van der Waals surface area contributed by atoms with Gasteiger partial charge in [-0.2, -0.15) is 5.10 Å². The van der Waals surface area contributed by atoms with Crippen LogP contribution in [0.3, 0.4) is 0 Å². The molecule has 0 atom stereocenters. The smallest absolute Gasteiger partial charge is 0.223 e. The normalized spacial score (nSPS) is 11.3. The largest absolute Gasteiger partial charge is 0.508 e. The minimum absolute atomic E-state index is 0.0625. The Morgan fingerprint density at radius 3 is 3.00 bits per heavy atom. The Bertz CT molecular complexity index is 593. The zero-order valence-corrected chi connectivity index (χ0v) is 9.91. The number of hydrogen-bond donors (Lipinski definition) is 3. The topological polar surface area (TPSA) is 114 Å². The number of nitrogens with one attached hydrogen (secondary N) is 1. The van der Waals surface area contributed by atoms with Gasteiger partial charge >= 0.3 is 0 Å². The zero-order chi connectivity index (χ0) is 13.7. The molecule has 7 nitrogen and oxygen atoms in total. The van der Waals surface area contributed by atoms with Crippen molar-refractivity contribution in [1.82, 2.24) is 10.2 Å². The number of amides is 1. The second kappa shape index (κ2) is 5.67. The van der Waals surface area contributed by atoms with Crippen molar-refractivity contribution in [2.24, 2.45) is 10.9 Å². The molecule has 0 fully saturated rings. The molecular weight excluding hydrogens is 248 g/mol. The Hall–Kier alpha value is -2.83. The summed E-state index contributed by atoms with van der Waals surface area (Å²) in [4.78, 5) is 16.1. The first-order valence-electron chi connectivity index (χ1n) is 5.45. The van der Waals surface area contributed by atoms with E-state index in [0.717, 1.165) is 0 Å². The van der Waals surface area contributed by atoms with Gasteiger partial charge in [-0.1, -0.05) is 11.2 Å². The summed E-state index contributed by atoms with van der Waals surface area (Å²) in [6.07, 6.45) is 3.01. The Balaban J connectivity index is 2.19. The molecule has 0 aliphatic heterocycles. The monoisotopic (exact) mass is 260 g/mol. The molecular formula is C12H12N4O3. The van der Waals surface area contributed by atoms with Gasteiger partial charge in [0.25, 0.3) is 0 Å². The Morgan fingerprint density at radius 1 is 1.53 bits per heavy atom. The number of benzene rings is 1. The lowest BCUT2D eigenvalue weighted by Gasteiger charge is -2.03. The van der Waals surface area contributed by atoms with Crippen LogP contribution in [0.25, 0.3) is 0 Å². The number of oxime groups is 1. The van der Waals surface area contributed by atoms with Crippen LogP contribution in [0.15, 0.2) is 41.8 Å². The highest BCUT2D eigenvalue weighted by Gasteiger charge is 2.09. The molecule has 0 saturated carbocycles. The molecule has 2 aromatic rings. The number of nitrogens with zero attached hydrogens (tertiary/aromatic N) is 2. The van der Waals surface area contributed by atoms with Crippen molar-refractivity contribution in [2.75, 3.05) is 0 Å². The van der Waals surface area contributed by atoms with Gasteiger partial charge in [0.15, 0.2) is 5.75 Å². The first-order chi connectivity index (χ1) is 9.15. The first kappa shape index (κ1) is 12.6. The maximum Gasteiger partial charge on any atom is 0.223 e. The number of hydrogen-bond acceptors (Lipinski definition) is 5. The zero-order valence-electron chi connectivity index (χ0n) is 9.91. The van der Waals surface area contributed by atoms with Gasteiger partial charge in [-0.3, -0.25) is 9.89 Å². The summed E-state index contributed by atoms with van der Waals surface area (Å²) < 4.78 is 0. The standard InChI is InChI=1S/C12H12N4O3/c13-12(18)5-11(8-6-14-15-7-8)16-19-10-3-1-2-9(17)4-10/h1-4,6-7,17H,5H2,(H2,13,18)(H,14,15)/b16-11+. The molecule has 0 aliphatic carbocycles. The van der Waals surface area contributed by atoms with E-state index in [0.29, 0.717) is 17.0 Å². The van der Waals surface area contributed by atoms with Crippen LogP contribution in [0.1, 0.15) is 12.0 Å². The van der Waals surface area contributed by atoms with E-state index in [1.807, 2.05) is 0 Å². The highest BCUT2D eigenvalue weighted by atomic mass is 16.6. The van der Waals surface area contributed by atoms with E-state index < -0.39 is 5.91 Å². The molecule has 0 aliphatic rings. The van der Waals surface area contributed by atoms with Gasteiger partial charge in [0.2, 0.25) is 5.91 Å². The highest BCUT2D eigenvalue weighted by Crippen LogP contribution is 2.18. The van der Waals surface area contributed by atoms with E-state index in [-0.39, 0.29) is 12.2 Å². The molecule has 1 aromatic heterocycles. The van der Waals surface area contributed by atoms with Crippen LogP contribution in [-0.4, -0.2) is 26.9 Å². The first-order valence-corrected chi connectivity index (χ1v) is 5.45. The molecule has 0 spiro atoms. The number of aromatic amines is 1. The quantitative estimate of drug-likeness (QED) is 0.544. The maximum absolute atomic E-state index is 11.0. The predicted octanol–water partition coefficient (Wildman–Crippen LogP) is 0.774. The van der Waals surface area contributed by atoms with Gasteiger partial charge < -0.3 is 15.7 Å². The molecule has 1 amide bonds. The van der Waals surface area contributed by atoms with Gasteiger partial charge in [-0.25, -0.2) is 0 Å². The Kier molecular flexibility index (Phi) is 3.77. The number of nitrogens with two attached hydrogens (primary N) is 1. The fourth-order valence-corrected chi connectivity index (χ4v) is 1.41. The van der Waals surface area contributed by atoms with Gasteiger partial charge in [0.05, 0.1) is 18.3 Å². The van der Waals surface area contributed by atoms with Crippen LogP contribution in [0, 0.1) is 0 Å². The number of aromatic hydroxyl groups is 1. The summed E-state index contributed by atoms with van der Waals surface area (Å²) >= 11 is 0. The van der Waals surface area contributed by atoms with E-state index >= 15 is 0 Å². The summed E-state index contributed by atoms with van der Waals surface area (Å²) in [5, 5.41) is 19.5. The lowest BCUT2D eigenvalue weighted by Crippen LogP contribution is -2.17. The average molecular weight is 260 g/mol. The summed E-state index contributed by atoms with van der Waals surface area (Å²) in [5.74, 6) is -0.114. The van der Waals surface area contributed by atoms with E-state index in [4.69, 9.17) is 10.6 Å². The number of phenols is 1. The maximum atomic E-state index is 11.0. The van der Waals surface area contributed by atoms with Crippen LogP contribution in [-0.2, 0) is 4.79 Å². The molecule has 0 saturated heterocycles. The number of phenolic OH excluding ortho intramolecular Hbond substituents is 1. The SMILES string of the molecule is NC(=O)C/C(=N\Oc1cccc(O)c1)c1cn[nH]c1. The molecule has 1 aromatic carbocycles. The van der Waals surface area contributed by atoms with Gasteiger partial charge in [0, 0.05) is 17.8 Å². The van der Waals surface area contributed by atoms with E-state index in [1.165, 1.54) is 18.3 Å². The predicted molar refractivity (Wildman–Crippen MR) is 67.7 cm³/mol. The van der Waals surface area contributed by atoms with Crippen molar-refractivity contribution < 1.29 is 14.7 Å². The lowest BCUT2D eigenvalue weighted by molar-refractivity contribution is -0.116. The van der Waals surface area contributed by atoms with Gasteiger partial charge in [0.1, 0.15) is 5.75 Å². The third-order valence-electron chi connectivity index (χ3n) is 2.25. The van der Waals surface area contributed by atoms with Crippen molar-refractivity contribution in [3.63, 3.8) is 0 Å². The molecule has 2 rings (SSSR count). The molecule has 0 unspecified atom stereocenters. The van der Waals surface area contributed by atoms with Crippen LogP contribution in [0.4, 0.5) is 0 Å². The van der Waals surface area contributed by atoms with E-state index in [9.17, 15) is 9.90 Å². The van der Waals surface area contributed by atoms with Crippen molar-refractivity contribution >= 4 is 11.6 Å². The van der Waals surface area contributed by atoms with E-state index in [1.54, 1.807) is 18.3 Å². The Labute approximate surface area is 108 Å². The van der Waals surface area contributed by atoms with Crippen LogP contribution >= 0.6 is 0 Å². The summed E-state index contributed by atoms with van der Waals surface area (Å²) in [5.41, 5.74) is 6.11. The number of rotatable bonds is 5. The fourth-order valence-electron chi connectivity index (χ4n) is 1.41. The third kappa shape index (κ3) is 3.56. The highest BCUT2D eigenvalue weighted by molar-refractivity contribution is 6.09. The summed E-state index contributed by atoms with van der Waals surface area (Å²) in [6.45, 7) is 0. The second-order valence-corrected chi connectivity index (χ2v) is 3.76. The number of carbonyl (C=O) groups excluding carboxylic acids is 1. The molecule has 4 N–H and O–H groups in total. The molecule has 98 valence electrons. The number of carbonyl (C=O) groups is 1. The lowest BCUT2D eigenvalue weighted by atomic mass is 10.1. The molecule has 19 heavy (non-hydrogen) atoms. The molecule has 0 radical (unpaired) electrons. The van der Waals surface area contributed by atoms with Crippen LogP contribution in [0.2, 0.25) is 0 Å².